The number of hydrogen-bond donors (Lipinski definition) is 0. The van der Waals surface area contributed by atoms with Crippen LogP contribution < -0.4 is 19.6 Å². The molecule has 2 aromatic carbocycles. The summed E-state index contributed by atoms with van der Waals surface area (Å²) in [4.78, 5) is 18.1. The molecule has 5 nitrogen and oxygen atoms in total. The number of aromatic nitrogens is 2. The molecule has 0 atom stereocenters. The molecule has 0 aliphatic heterocycles. The van der Waals surface area contributed by atoms with Crippen molar-refractivity contribution in [3.05, 3.63) is 61.9 Å². The van der Waals surface area contributed by atoms with Gasteiger partial charge in [0.05, 0.1) is 33.8 Å². The minimum atomic E-state index is -0.105. The van der Waals surface area contributed by atoms with Crippen molar-refractivity contribution in [2.75, 3.05) is 13.2 Å². The maximum atomic E-state index is 12.9. The summed E-state index contributed by atoms with van der Waals surface area (Å²) in [6.45, 7) is 4.83. The van der Waals surface area contributed by atoms with E-state index in [9.17, 15) is 4.79 Å². The summed E-state index contributed by atoms with van der Waals surface area (Å²) in [7, 11) is 0. The Labute approximate surface area is 164 Å². The average molecular weight is 401 g/mol. The Balaban J connectivity index is 1.89. The third kappa shape index (κ3) is 3.15. The number of fused-ring (bicyclic) bond motifs is 3. The fourth-order valence-corrected chi connectivity index (χ4v) is 4.14. The van der Waals surface area contributed by atoms with E-state index in [0.717, 1.165) is 11.0 Å². The van der Waals surface area contributed by atoms with Crippen LogP contribution >= 0.6 is 22.9 Å². The summed E-state index contributed by atoms with van der Waals surface area (Å²) < 4.78 is 13.4. The monoisotopic (exact) mass is 400 g/mol. The van der Waals surface area contributed by atoms with E-state index >= 15 is 0 Å². The molecule has 138 valence electrons. The molecule has 0 saturated heterocycles. The number of para-hydroxylation sites is 2. The van der Waals surface area contributed by atoms with Crippen molar-refractivity contribution in [1.82, 2.24) is 9.38 Å². The lowest BCUT2D eigenvalue weighted by molar-refractivity contribution is 0.288. The molecule has 7 heteroatoms. The quantitative estimate of drug-likeness (QED) is 0.509. The predicted molar refractivity (Wildman–Crippen MR) is 109 cm³/mol. The molecule has 0 aliphatic rings. The Morgan fingerprint density at radius 2 is 1.85 bits per heavy atom. The molecular weight excluding hydrogens is 384 g/mol. The van der Waals surface area contributed by atoms with Crippen LogP contribution in [0.25, 0.3) is 22.1 Å². The summed E-state index contributed by atoms with van der Waals surface area (Å²) in [5.74, 6) is 1.20. The highest BCUT2D eigenvalue weighted by Gasteiger charge is 2.13. The van der Waals surface area contributed by atoms with Gasteiger partial charge in [-0.05, 0) is 43.7 Å². The molecule has 27 heavy (non-hydrogen) atoms. The van der Waals surface area contributed by atoms with Crippen LogP contribution in [0, 0.1) is 0 Å². The number of rotatable bonds is 5. The molecule has 4 rings (SSSR count). The Bertz CT molecular complexity index is 1250. The molecule has 0 spiro atoms. The Hall–Kier alpha value is -2.57. The zero-order valence-electron chi connectivity index (χ0n) is 14.9. The summed E-state index contributed by atoms with van der Waals surface area (Å²) >= 11 is 7.76. The Morgan fingerprint density at radius 3 is 2.59 bits per heavy atom. The zero-order chi connectivity index (χ0) is 19.0. The van der Waals surface area contributed by atoms with E-state index in [1.807, 2.05) is 38.1 Å². The van der Waals surface area contributed by atoms with Crippen LogP contribution in [0.15, 0.2) is 41.2 Å². The van der Waals surface area contributed by atoms with Gasteiger partial charge in [0.15, 0.2) is 16.5 Å². The van der Waals surface area contributed by atoms with Gasteiger partial charge in [0.25, 0.3) is 5.56 Å². The van der Waals surface area contributed by atoms with E-state index in [2.05, 4.69) is 4.98 Å². The normalized spacial score (nSPS) is 12.2. The molecule has 2 heterocycles. The zero-order valence-corrected chi connectivity index (χ0v) is 16.4. The van der Waals surface area contributed by atoms with Gasteiger partial charge in [0.1, 0.15) is 0 Å². The smallest absolute Gasteiger partial charge is 0.274 e. The van der Waals surface area contributed by atoms with Crippen molar-refractivity contribution in [2.24, 2.45) is 0 Å². The fourth-order valence-electron chi connectivity index (χ4n) is 2.95. The minimum Gasteiger partial charge on any atom is -0.490 e. The van der Waals surface area contributed by atoms with Crippen LogP contribution in [0.5, 0.6) is 11.5 Å². The van der Waals surface area contributed by atoms with Crippen LogP contribution in [0.3, 0.4) is 0 Å². The molecular formula is C20H17ClN2O3S. The van der Waals surface area contributed by atoms with Crippen LogP contribution in [-0.4, -0.2) is 22.6 Å². The Kier molecular flexibility index (Phi) is 4.76. The fraction of sp³-hybridized carbons (Fsp3) is 0.200. The molecule has 0 aliphatic carbocycles. The standard InChI is InChI=1S/C20H17ClN2O3S/c1-3-25-16-9-12(13(21)11-17(16)26-4-2)10-18-19(24)23-15-8-6-5-7-14(15)22-20(23)27-18/h5-11H,3-4H2,1-2H3/b18-10-. The topological polar surface area (TPSA) is 52.8 Å². The van der Waals surface area contributed by atoms with Crippen LogP contribution in [-0.2, 0) is 0 Å². The number of ether oxygens (including phenoxy) is 2. The second-order valence-electron chi connectivity index (χ2n) is 5.82. The van der Waals surface area contributed by atoms with E-state index in [4.69, 9.17) is 21.1 Å². The number of imidazole rings is 1. The number of nitrogens with zero attached hydrogens (tertiary/aromatic N) is 2. The molecule has 0 unspecified atom stereocenters. The molecule has 0 radical (unpaired) electrons. The van der Waals surface area contributed by atoms with E-state index in [0.29, 0.717) is 44.8 Å². The lowest BCUT2D eigenvalue weighted by Crippen LogP contribution is -2.22. The molecule has 0 N–H and O–H groups in total. The van der Waals surface area contributed by atoms with Crippen LogP contribution in [0.2, 0.25) is 5.02 Å². The second kappa shape index (κ2) is 7.21. The van der Waals surface area contributed by atoms with E-state index in [1.165, 1.54) is 11.3 Å². The first-order valence-corrected chi connectivity index (χ1v) is 9.82. The van der Waals surface area contributed by atoms with Crippen LogP contribution in [0.4, 0.5) is 0 Å². The van der Waals surface area contributed by atoms with Gasteiger partial charge in [0.2, 0.25) is 0 Å². The van der Waals surface area contributed by atoms with E-state index < -0.39 is 0 Å². The van der Waals surface area contributed by atoms with Crippen molar-refractivity contribution in [2.45, 2.75) is 13.8 Å². The molecule has 2 aromatic heterocycles. The van der Waals surface area contributed by atoms with Crippen molar-refractivity contribution < 1.29 is 9.47 Å². The second-order valence-corrected chi connectivity index (χ2v) is 7.24. The van der Waals surface area contributed by atoms with E-state index in [1.54, 1.807) is 22.6 Å². The van der Waals surface area contributed by atoms with E-state index in [-0.39, 0.29) is 5.56 Å². The summed E-state index contributed by atoms with van der Waals surface area (Å²) in [6.07, 6.45) is 1.77. The summed E-state index contributed by atoms with van der Waals surface area (Å²) in [5.41, 5.74) is 2.22. The van der Waals surface area contributed by atoms with Gasteiger partial charge in [0, 0.05) is 6.07 Å². The largest absolute Gasteiger partial charge is 0.490 e. The maximum absolute atomic E-state index is 12.9. The number of halogens is 1. The van der Waals surface area contributed by atoms with Gasteiger partial charge in [-0.2, -0.15) is 0 Å². The molecule has 0 amide bonds. The first kappa shape index (κ1) is 17.8. The SMILES string of the molecule is CCOc1cc(Cl)c(/C=c2\sc3nc4ccccc4n3c2=O)cc1OCC. The number of hydrogen-bond acceptors (Lipinski definition) is 5. The predicted octanol–water partition coefficient (Wildman–Crippen LogP) is 3.91. The number of thiazole rings is 1. The molecule has 4 aromatic rings. The third-order valence-electron chi connectivity index (χ3n) is 4.09. The summed E-state index contributed by atoms with van der Waals surface area (Å²) in [6, 6.07) is 11.1. The minimum absolute atomic E-state index is 0.105. The van der Waals surface area contributed by atoms with Crippen LogP contribution in [0.1, 0.15) is 19.4 Å². The van der Waals surface area contributed by atoms with Gasteiger partial charge in [-0.1, -0.05) is 35.1 Å². The lowest BCUT2D eigenvalue weighted by atomic mass is 10.2. The first-order chi connectivity index (χ1) is 13.1. The maximum Gasteiger partial charge on any atom is 0.274 e. The lowest BCUT2D eigenvalue weighted by Gasteiger charge is -2.12. The first-order valence-electron chi connectivity index (χ1n) is 8.63. The highest BCUT2D eigenvalue weighted by Crippen LogP contribution is 2.34. The number of benzene rings is 2. The van der Waals surface area contributed by atoms with Gasteiger partial charge in [-0.3, -0.25) is 4.79 Å². The Morgan fingerprint density at radius 1 is 1.15 bits per heavy atom. The molecule has 0 bridgehead atoms. The average Bonchev–Trinajstić information content (AvgIpc) is 3.16. The third-order valence-corrected chi connectivity index (χ3v) is 5.39. The van der Waals surface area contributed by atoms with Crippen molar-refractivity contribution in [3.8, 4) is 11.5 Å². The van der Waals surface area contributed by atoms with Crippen molar-refractivity contribution in [1.29, 1.82) is 0 Å². The van der Waals surface area contributed by atoms with Gasteiger partial charge in [-0.15, -0.1) is 0 Å². The van der Waals surface area contributed by atoms with Gasteiger partial charge >= 0.3 is 0 Å². The van der Waals surface area contributed by atoms with Gasteiger partial charge in [-0.25, -0.2) is 9.38 Å². The highest BCUT2D eigenvalue weighted by molar-refractivity contribution is 7.15. The van der Waals surface area contributed by atoms with Gasteiger partial charge < -0.3 is 9.47 Å². The molecule has 0 saturated carbocycles. The van der Waals surface area contributed by atoms with Crippen molar-refractivity contribution in [3.63, 3.8) is 0 Å². The molecule has 0 fully saturated rings. The van der Waals surface area contributed by atoms with Crippen molar-refractivity contribution >= 4 is 45.0 Å². The highest BCUT2D eigenvalue weighted by atomic mass is 35.5. The summed E-state index contributed by atoms with van der Waals surface area (Å²) in [5, 5.41) is 0.497.